The van der Waals surface area contributed by atoms with Gasteiger partial charge in [-0.1, -0.05) is 176 Å². The van der Waals surface area contributed by atoms with Crippen LogP contribution in [-0.4, -0.2) is 0 Å². The third kappa shape index (κ3) is 296. The molecule has 0 unspecified atom stereocenters. The van der Waals surface area contributed by atoms with Gasteiger partial charge in [-0.3, -0.25) is 0 Å². The van der Waals surface area contributed by atoms with Crippen LogP contribution in [0.4, 0.5) is 0 Å². The molecule has 0 aliphatic carbocycles. The molecule has 0 saturated heterocycles. The minimum Gasteiger partial charge on any atom is -0.0683 e. The number of unbranched alkanes of at least 4 members (excludes halogenated alkanes) is 2. The minimum atomic E-state index is 0.884. The van der Waals surface area contributed by atoms with Crippen LogP contribution >= 0.6 is 0 Å². The zero-order valence-electron chi connectivity index (χ0n) is 25.7. The molecule has 0 aliphatic rings. The van der Waals surface area contributed by atoms with Crippen LogP contribution < -0.4 is 0 Å². The van der Waals surface area contributed by atoms with E-state index in [-0.39, 0.29) is 0 Å². The lowest BCUT2D eigenvalue weighted by Crippen LogP contribution is -1.77. The average molecular weight is 423 g/mol. The number of rotatable bonds is 5. The highest BCUT2D eigenvalue weighted by Crippen LogP contribution is 1.94. The van der Waals surface area contributed by atoms with Gasteiger partial charge in [0.05, 0.1) is 0 Å². The Bertz CT molecular complexity index is 95.0. The second-order valence-corrected chi connectivity index (χ2v) is 7.41. The van der Waals surface area contributed by atoms with Gasteiger partial charge in [0.25, 0.3) is 0 Å². The van der Waals surface area contributed by atoms with Crippen molar-refractivity contribution in [2.45, 2.75) is 176 Å². The van der Waals surface area contributed by atoms with E-state index in [1.54, 1.807) is 0 Å². The molecule has 0 rings (SSSR count). The molecule has 0 aliphatic heterocycles. The molecule has 0 saturated carbocycles. The molecular formula is C29H74. The molecule has 0 fully saturated rings. The van der Waals surface area contributed by atoms with Crippen LogP contribution in [0.15, 0.2) is 0 Å². The first-order valence-corrected chi connectivity index (χ1v) is 13.6. The second-order valence-electron chi connectivity index (χ2n) is 7.41. The Morgan fingerprint density at radius 1 is 0.310 bits per heavy atom. The quantitative estimate of drug-likeness (QED) is 0.413. The molecule has 0 aromatic rings. The molecule has 0 heterocycles. The van der Waals surface area contributed by atoms with Crippen molar-refractivity contribution in [1.29, 1.82) is 0 Å². The van der Waals surface area contributed by atoms with Crippen molar-refractivity contribution in [2.75, 3.05) is 0 Å². The van der Waals surface area contributed by atoms with Gasteiger partial charge < -0.3 is 0 Å². The van der Waals surface area contributed by atoms with Crippen molar-refractivity contribution in [3.63, 3.8) is 0 Å². The zero-order valence-corrected chi connectivity index (χ0v) is 25.7. The van der Waals surface area contributed by atoms with E-state index < -0.39 is 0 Å². The van der Waals surface area contributed by atoms with E-state index in [0.29, 0.717) is 0 Å². The Hall–Kier alpha value is 0. The Balaban J connectivity index is -0.0000000298. The van der Waals surface area contributed by atoms with E-state index in [9.17, 15) is 0 Å². The Morgan fingerprint density at radius 3 is 0.379 bits per heavy atom. The largest absolute Gasteiger partial charge is 0.0683 e. The topological polar surface area (TPSA) is 0 Å². The van der Waals surface area contributed by atoms with Crippen molar-refractivity contribution < 1.29 is 0 Å². The van der Waals surface area contributed by atoms with Crippen LogP contribution in [0.1, 0.15) is 176 Å². The molecule has 0 atom stereocenters. The smallest absolute Gasteiger partial charge is 0.0474 e. The van der Waals surface area contributed by atoms with Crippen LogP contribution in [0.5, 0.6) is 0 Å². The van der Waals surface area contributed by atoms with E-state index in [2.05, 4.69) is 90.0 Å². The van der Waals surface area contributed by atoms with Gasteiger partial charge in [-0.15, -0.1) is 0 Å². The molecule has 0 heteroatoms. The third-order valence-electron chi connectivity index (χ3n) is 3.45. The summed E-state index contributed by atoms with van der Waals surface area (Å²) >= 11 is 0. The highest BCUT2D eigenvalue weighted by Gasteiger charge is 1.80. The fraction of sp³-hybridized carbons (Fsp3) is 1.00. The molecule has 0 aromatic heterocycles. The molecule has 0 bridgehead atoms. The van der Waals surface area contributed by atoms with E-state index in [4.69, 9.17) is 0 Å². The van der Waals surface area contributed by atoms with Crippen LogP contribution in [-0.2, 0) is 0 Å². The number of hydrogen-bond donors (Lipinski definition) is 0. The maximum atomic E-state index is 2.22. The molecule has 0 radical (unpaired) electrons. The fourth-order valence-electron chi connectivity index (χ4n) is 0. The summed E-state index contributed by atoms with van der Waals surface area (Å²) in [6.07, 6.45) is 9.19. The summed E-state index contributed by atoms with van der Waals surface area (Å²) < 4.78 is 0. The first-order chi connectivity index (χ1) is 13.6. The molecule has 0 nitrogen and oxygen atoms in total. The highest BCUT2D eigenvalue weighted by atomic mass is 13.9. The van der Waals surface area contributed by atoms with Crippen molar-refractivity contribution >= 4 is 0 Å². The standard InChI is InChI=1S/3C5H12.2C4H10.3C2H6/c3*1-4-5(2)3;2*1-3-4-2;3*1-2/h3*5H,4H2,1-3H3;2*3-4H2,1-2H3;3*1-2H3. The lowest BCUT2D eigenvalue weighted by atomic mass is 10.2. The van der Waals surface area contributed by atoms with Crippen LogP contribution in [0.2, 0.25) is 0 Å². The molecule has 0 amide bonds. The van der Waals surface area contributed by atoms with Gasteiger partial charge in [-0.05, 0) is 17.8 Å². The molecule has 0 spiro atoms. The molecule has 29 heavy (non-hydrogen) atoms. The second kappa shape index (κ2) is 79.7. The lowest BCUT2D eigenvalue weighted by Gasteiger charge is -1.90. The molecular weight excluding hydrogens is 348 g/mol. The highest BCUT2D eigenvalue weighted by molar-refractivity contribution is 4.33. The van der Waals surface area contributed by atoms with E-state index in [1.807, 2.05) is 41.5 Å². The summed E-state index contributed by atoms with van der Waals surface area (Å²) in [6.45, 7) is 40.7. The summed E-state index contributed by atoms with van der Waals surface area (Å²) in [5.41, 5.74) is 0. The van der Waals surface area contributed by atoms with Gasteiger partial charge in [0, 0.05) is 0 Å². The summed E-state index contributed by atoms with van der Waals surface area (Å²) in [5, 5.41) is 0. The summed E-state index contributed by atoms with van der Waals surface area (Å²) in [5.74, 6) is 2.65. The molecule has 190 valence electrons. The van der Waals surface area contributed by atoms with Crippen molar-refractivity contribution in [2.24, 2.45) is 17.8 Å². The monoisotopic (exact) mass is 423 g/mol. The maximum Gasteiger partial charge on any atom is -0.0474 e. The molecule has 0 aromatic carbocycles. The van der Waals surface area contributed by atoms with Crippen molar-refractivity contribution in [3.05, 3.63) is 0 Å². The summed E-state index contributed by atoms with van der Waals surface area (Å²) in [6, 6.07) is 0. The van der Waals surface area contributed by atoms with Gasteiger partial charge in [0.2, 0.25) is 0 Å². The summed E-state index contributed by atoms with van der Waals surface area (Å²) in [4.78, 5) is 0. The SMILES string of the molecule is CC.CC.CC.CCC(C)C.CCC(C)C.CCC(C)C.CCCC.CCCC. The van der Waals surface area contributed by atoms with Crippen molar-refractivity contribution in [3.8, 4) is 0 Å². The van der Waals surface area contributed by atoms with Gasteiger partial charge in [-0.25, -0.2) is 0 Å². The zero-order chi connectivity index (χ0) is 25.7. The van der Waals surface area contributed by atoms with Crippen LogP contribution in [0, 0.1) is 17.8 Å². The van der Waals surface area contributed by atoms with Gasteiger partial charge in [-0.2, -0.15) is 0 Å². The Kier molecular flexibility index (Phi) is 142. The van der Waals surface area contributed by atoms with Gasteiger partial charge in [0.1, 0.15) is 0 Å². The van der Waals surface area contributed by atoms with Crippen LogP contribution in [0.25, 0.3) is 0 Å². The fourth-order valence-corrected chi connectivity index (χ4v) is 0. The first-order valence-electron chi connectivity index (χ1n) is 13.6. The van der Waals surface area contributed by atoms with Gasteiger partial charge >= 0.3 is 0 Å². The average Bonchev–Trinajstić information content (AvgIpc) is 2.78. The van der Waals surface area contributed by atoms with Crippen molar-refractivity contribution in [1.82, 2.24) is 0 Å². The maximum absolute atomic E-state index is 2.22. The van der Waals surface area contributed by atoms with E-state index in [1.165, 1.54) is 44.9 Å². The van der Waals surface area contributed by atoms with Crippen LogP contribution in [0.3, 0.4) is 0 Å². The third-order valence-corrected chi connectivity index (χ3v) is 3.45. The minimum absolute atomic E-state index is 0.884. The summed E-state index contributed by atoms with van der Waals surface area (Å²) in [7, 11) is 0. The first kappa shape index (κ1) is 51.6. The predicted octanol–water partition coefficient (Wildman–Crippen LogP) is 12.8. The molecule has 0 N–H and O–H groups in total. The van der Waals surface area contributed by atoms with Gasteiger partial charge in [0.15, 0.2) is 0 Å². The normalized spacial score (nSPS) is 7.66. The van der Waals surface area contributed by atoms with E-state index in [0.717, 1.165) is 17.8 Å². The Morgan fingerprint density at radius 2 is 0.379 bits per heavy atom. The lowest BCUT2D eigenvalue weighted by molar-refractivity contribution is 0.626. The van der Waals surface area contributed by atoms with E-state index >= 15 is 0 Å². The predicted molar refractivity (Wildman–Crippen MR) is 151 cm³/mol. The Labute approximate surface area is 194 Å². The number of hydrogen-bond acceptors (Lipinski definition) is 0.